The first kappa shape index (κ1) is 11.9. The average molecular weight is 235 g/mol. The fourth-order valence-corrected chi connectivity index (χ4v) is 2.66. The fraction of sp³-hybridized carbons (Fsp3) is 0.462. The van der Waals surface area contributed by atoms with Crippen LogP contribution in [0.4, 0.5) is 0 Å². The van der Waals surface area contributed by atoms with Gasteiger partial charge in [0, 0.05) is 5.56 Å². The summed E-state index contributed by atoms with van der Waals surface area (Å²) in [5, 5.41) is 9.88. The second kappa shape index (κ2) is 4.37. The molecule has 0 unspecified atom stereocenters. The topological polar surface area (TPSA) is 72.5 Å². The van der Waals surface area contributed by atoms with Gasteiger partial charge in [-0.1, -0.05) is 18.2 Å². The average Bonchev–Trinajstić information content (AvgIpc) is 2.30. The van der Waals surface area contributed by atoms with E-state index < -0.39 is 5.41 Å². The van der Waals surface area contributed by atoms with Gasteiger partial charge in [-0.15, -0.1) is 0 Å². The Hall–Kier alpha value is -1.55. The number of aromatic hydroxyl groups is 1. The van der Waals surface area contributed by atoms with Crippen LogP contribution in [-0.2, 0) is 14.9 Å². The standard InChI is InChI=1S/C13H17NO3/c1-17-12(16)13(6-9(7-13)8-14)10-4-2-3-5-11(10)15/h2-5,9,15H,6-8,14H2,1H3. The highest BCUT2D eigenvalue weighted by molar-refractivity contribution is 5.85. The first-order valence-corrected chi connectivity index (χ1v) is 5.71. The Morgan fingerprint density at radius 3 is 2.71 bits per heavy atom. The Morgan fingerprint density at radius 2 is 2.18 bits per heavy atom. The molecule has 2 rings (SSSR count). The number of para-hydroxylation sites is 1. The van der Waals surface area contributed by atoms with Gasteiger partial charge >= 0.3 is 5.97 Å². The number of carbonyl (C=O) groups is 1. The van der Waals surface area contributed by atoms with Crippen molar-refractivity contribution >= 4 is 5.97 Å². The molecule has 4 heteroatoms. The Balaban J connectivity index is 2.36. The lowest BCUT2D eigenvalue weighted by atomic mass is 9.58. The van der Waals surface area contributed by atoms with Crippen LogP contribution in [0.2, 0.25) is 0 Å². The normalized spacial score (nSPS) is 27.3. The van der Waals surface area contributed by atoms with Crippen LogP contribution in [0.5, 0.6) is 5.75 Å². The third-order valence-corrected chi connectivity index (χ3v) is 3.60. The maximum atomic E-state index is 12.0. The predicted molar refractivity (Wildman–Crippen MR) is 63.6 cm³/mol. The van der Waals surface area contributed by atoms with Gasteiger partial charge in [0.15, 0.2) is 0 Å². The molecule has 0 heterocycles. The third kappa shape index (κ3) is 1.78. The quantitative estimate of drug-likeness (QED) is 0.771. The molecule has 1 aliphatic rings. The Labute approximate surface area is 100 Å². The number of rotatable bonds is 3. The van der Waals surface area contributed by atoms with Crippen LogP contribution in [0.3, 0.4) is 0 Å². The molecule has 0 aliphatic heterocycles. The zero-order valence-corrected chi connectivity index (χ0v) is 9.85. The zero-order chi connectivity index (χ0) is 12.5. The summed E-state index contributed by atoms with van der Waals surface area (Å²) in [7, 11) is 1.37. The summed E-state index contributed by atoms with van der Waals surface area (Å²) in [5.41, 5.74) is 5.54. The van der Waals surface area contributed by atoms with E-state index in [9.17, 15) is 9.90 Å². The van der Waals surface area contributed by atoms with Crippen LogP contribution in [0.1, 0.15) is 18.4 Å². The largest absolute Gasteiger partial charge is 0.508 e. The zero-order valence-electron chi connectivity index (χ0n) is 9.85. The van der Waals surface area contributed by atoms with E-state index in [2.05, 4.69) is 0 Å². The number of carbonyl (C=O) groups excluding carboxylic acids is 1. The van der Waals surface area contributed by atoms with Gasteiger partial charge in [0.25, 0.3) is 0 Å². The Morgan fingerprint density at radius 1 is 1.53 bits per heavy atom. The molecule has 1 aromatic rings. The minimum Gasteiger partial charge on any atom is -0.508 e. The maximum Gasteiger partial charge on any atom is 0.316 e. The van der Waals surface area contributed by atoms with E-state index >= 15 is 0 Å². The number of hydrogen-bond acceptors (Lipinski definition) is 4. The van der Waals surface area contributed by atoms with Gasteiger partial charge in [-0.2, -0.15) is 0 Å². The molecule has 0 radical (unpaired) electrons. The van der Waals surface area contributed by atoms with E-state index in [1.807, 2.05) is 6.07 Å². The molecular weight excluding hydrogens is 218 g/mol. The van der Waals surface area contributed by atoms with Crippen molar-refractivity contribution in [3.8, 4) is 5.75 Å². The molecule has 1 aliphatic carbocycles. The second-order valence-electron chi connectivity index (χ2n) is 4.60. The monoisotopic (exact) mass is 235 g/mol. The van der Waals surface area contributed by atoms with Crippen molar-refractivity contribution in [1.82, 2.24) is 0 Å². The Kier molecular flexibility index (Phi) is 3.07. The van der Waals surface area contributed by atoms with Crippen molar-refractivity contribution in [2.45, 2.75) is 18.3 Å². The summed E-state index contributed by atoms with van der Waals surface area (Å²) >= 11 is 0. The van der Waals surface area contributed by atoms with Crippen LogP contribution >= 0.6 is 0 Å². The summed E-state index contributed by atoms with van der Waals surface area (Å²) in [4.78, 5) is 12.0. The minimum atomic E-state index is -0.704. The number of benzene rings is 1. The molecule has 0 atom stereocenters. The van der Waals surface area contributed by atoms with Crippen molar-refractivity contribution in [3.63, 3.8) is 0 Å². The molecule has 1 aromatic carbocycles. The molecule has 0 spiro atoms. The number of phenols is 1. The molecule has 0 aromatic heterocycles. The number of phenolic OH excluding ortho intramolecular Hbond substituents is 1. The highest BCUT2D eigenvalue weighted by Crippen LogP contribution is 2.50. The number of esters is 1. The van der Waals surface area contributed by atoms with E-state index in [1.54, 1.807) is 18.2 Å². The fourth-order valence-electron chi connectivity index (χ4n) is 2.66. The second-order valence-corrected chi connectivity index (χ2v) is 4.60. The van der Waals surface area contributed by atoms with E-state index in [4.69, 9.17) is 10.5 Å². The highest BCUT2D eigenvalue weighted by Gasteiger charge is 2.52. The van der Waals surface area contributed by atoms with Crippen LogP contribution in [0, 0.1) is 5.92 Å². The van der Waals surface area contributed by atoms with Gasteiger partial charge in [-0.25, -0.2) is 0 Å². The lowest BCUT2D eigenvalue weighted by Gasteiger charge is -2.45. The molecule has 1 saturated carbocycles. The highest BCUT2D eigenvalue weighted by atomic mass is 16.5. The predicted octanol–water partition coefficient (Wildman–Crippen LogP) is 1.17. The number of hydrogen-bond donors (Lipinski definition) is 2. The first-order valence-electron chi connectivity index (χ1n) is 5.71. The third-order valence-electron chi connectivity index (χ3n) is 3.60. The van der Waals surface area contributed by atoms with Gasteiger partial charge in [0.05, 0.1) is 12.5 Å². The smallest absolute Gasteiger partial charge is 0.316 e. The molecule has 1 fully saturated rings. The van der Waals surface area contributed by atoms with Gasteiger partial charge in [-0.3, -0.25) is 4.79 Å². The molecular formula is C13H17NO3. The van der Waals surface area contributed by atoms with E-state index in [0.29, 0.717) is 30.9 Å². The van der Waals surface area contributed by atoms with Gasteiger partial charge in [-0.05, 0) is 31.4 Å². The summed E-state index contributed by atoms with van der Waals surface area (Å²) < 4.78 is 4.87. The van der Waals surface area contributed by atoms with E-state index in [1.165, 1.54) is 7.11 Å². The lowest BCUT2D eigenvalue weighted by molar-refractivity contribution is -0.153. The van der Waals surface area contributed by atoms with E-state index in [0.717, 1.165) is 0 Å². The van der Waals surface area contributed by atoms with Crippen molar-refractivity contribution < 1.29 is 14.6 Å². The van der Waals surface area contributed by atoms with Crippen molar-refractivity contribution in [3.05, 3.63) is 29.8 Å². The van der Waals surface area contributed by atoms with Crippen LogP contribution in [0.25, 0.3) is 0 Å². The van der Waals surface area contributed by atoms with Crippen molar-refractivity contribution in [2.75, 3.05) is 13.7 Å². The van der Waals surface area contributed by atoms with Gasteiger partial charge < -0.3 is 15.6 Å². The molecule has 3 N–H and O–H groups in total. The maximum absolute atomic E-state index is 12.0. The summed E-state index contributed by atoms with van der Waals surface area (Å²) in [6, 6.07) is 6.92. The Bertz CT molecular complexity index is 424. The molecule has 92 valence electrons. The van der Waals surface area contributed by atoms with Crippen LogP contribution in [-0.4, -0.2) is 24.7 Å². The molecule has 0 amide bonds. The van der Waals surface area contributed by atoms with Crippen LogP contribution < -0.4 is 5.73 Å². The molecule has 17 heavy (non-hydrogen) atoms. The number of methoxy groups -OCH3 is 1. The summed E-state index contributed by atoms with van der Waals surface area (Å²) in [6.45, 7) is 0.562. The minimum absolute atomic E-state index is 0.147. The molecule has 4 nitrogen and oxygen atoms in total. The lowest BCUT2D eigenvalue weighted by Crippen LogP contribution is -2.50. The van der Waals surface area contributed by atoms with Crippen molar-refractivity contribution in [1.29, 1.82) is 0 Å². The van der Waals surface area contributed by atoms with Crippen LogP contribution in [0.15, 0.2) is 24.3 Å². The van der Waals surface area contributed by atoms with Crippen molar-refractivity contribution in [2.24, 2.45) is 11.7 Å². The molecule has 0 saturated heterocycles. The van der Waals surface area contributed by atoms with Gasteiger partial charge in [0.2, 0.25) is 0 Å². The van der Waals surface area contributed by atoms with Gasteiger partial charge in [0.1, 0.15) is 5.75 Å². The van der Waals surface area contributed by atoms with E-state index in [-0.39, 0.29) is 11.7 Å². The number of nitrogens with two attached hydrogens (primary N) is 1. The number of ether oxygens (including phenoxy) is 1. The molecule has 0 bridgehead atoms. The summed E-state index contributed by atoms with van der Waals surface area (Å²) in [6.07, 6.45) is 1.29. The first-order chi connectivity index (χ1) is 8.14. The summed E-state index contributed by atoms with van der Waals surface area (Å²) in [5.74, 6) is 0.186. The SMILES string of the molecule is COC(=O)C1(c2ccccc2O)CC(CN)C1.